The van der Waals surface area contributed by atoms with Crippen LogP contribution in [-0.4, -0.2) is 18.0 Å². The first-order valence-corrected chi connectivity index (χ1v) is 6.35. The molecule has 1 spiro atoms. The number of hydrogen-bond acceptors (Lipinski definition) is 4. The van der Waals surface area contributed by atoms with E-state index in [1.165, 1.54) is 19.2 Å². The quantitative estimate of drug-likeness (QED) is 0.476. The van der Waals surface area contributed by atoms with Crippen LogP contribution >= 0.6 is 0 Å². The smallest absolute Gasteiger partial charge is 0.316 e. The Kier molecular flexibility index (Phi) is 2.42. The average molecular weight is 261 g/mol. The lowest BCUT2D eigenvalue weighted by Crippen LogP contribution is -2.49. The third-order valence-corrected chi connectivity index (χ3v) is 4.50. The minimum absolute atomic E-state index is 0.0255. The van der Waals surface area contributed by atoms with Crippen LogP contribution in [0.5, 0.6) is 0 Å². The number of esters is 1. The Balaban J connectivity index is 1.98. The predicted octanol–water partition coefficient (Wildman–Crippen LogP) is 2.58. The van der Waals surface area contributed by atoms with Gasteiger partial charge in [-0.15, -0.1) is 0 Å². The van der Waals surface area contributed by atoms with Gasteiger partial charge in [0, 0.05) is 12.1 Å². The van der Waals surface area contributed by atoms with Gasteiger partial charge < -0.3 is 4.74 Å². The van der Waals surface area contributed by atoms with Crippen LogP contribution in [0.4, 0.5) is 5.69 Å². The van der Waals surface area contributed by atoms with E-state index in [4.69, 9.17) is 4.74 Å². The van der Waals surface area contributed by atoms with Crippen molar-refractivity contribution in [2.75, 3.05) is 7.11 Å². The molecule has 1 aromatic rings. The number of ether oxygens (including phenoxy) is 1. The van der Waals surface area contributed by atoms with Crippen LogP contribution in [-0.2, 0) is 14.9 Å². The number of nitro groups is 1. The van der Waals surface area contributed by atoms with Gasteiger partial charge in [0.25, 0.3) is 5.69 Å². The van der Waals surface area contributed by atoms with Crippen LogP contribution in [0.25, 0.3) is 0 Å². The summed E-state index contributed by atoms with van der Waals surface area (Å²) in [5.41, 5.74) is 0.374. The van der Waals surface area contributed by atoms with Gasteiger partial charge in [-0.25, -0.2) is 0 Å². The summed E-state index contributed by atoms with van der Waals surface area (Å²) in [5.74, 6) is -0.273. The van der Waals surface area contributed by atoms with Gasteiger partial charge >= 0.3 is 5.97 Å². The summed E-state index contributed by atoms with van der Waals surface area (Å²) in [4.78, 5) is 22.5. The first-order valence-electron chi connectivity index (χ1n) is 6.35. The van der Waals surface area contributed by atoms with Gasteiger partial charge in [0.15, 0.2) is 0 Å². The second-order valence-electron chi connectivity index (χ2n) is 5.73. The minimum atomic E-state index is -0.669. The van der Waals surface area contributed by atoms with Crippen molar-refractivity contribution in [1.82, 2.24) is 0 Å². The lowest BCUT2D eigenvalue weighted by atomic mass is 9.56. The average Bonchev–Trinajstić information content (AvgIpc) is 3.16. The first kappa shape index (κ1) is 12.1. The van der Waals surface area contributed by atoms with Gasteiger partial charge in [0.05, 0.1) is 17.4 Å². The lowest BCUT2D eigenvalue weighted by molar-refractivity contribution is -0.385. The van der Waals surface area contributed by atoms with Gasteiger partial charge in [0.2, 0.25) is 0 Å². The number of carbonyl (C=O) groups excluding carboxylic acids is 1. The van der Waals surface area contributed by atoms with Crippen molar-refractivity contribution in [3.05, 3.63) is 39.9 Å². The third-order valence-electron chi connectivity index (χ3n) is 4.50. The Labute approximate surface area is 110 Å². The molecule has 0 amide bonds. The van der Waals surface area contributed by atoms with Crippen LogP contribution in [0.3, 0.4) is 0 Å². The first-order chi connectivity index (χ1) is 9.01. The maximum absolute atomic E-state index is 12.1. The number of non-ortho nitro benzene ring substituents is 1. The molecular formula is C14H15NO4. The molecule has 100 valence electrons. The molecule has 2 saturated carbocycles. The largest absolute Gasteiger partial charge is 0.468 e. The Bertz CT molecular complexity index is 554. The Hall–Kier alpha value is -1.91. The fraction of sp³-hybridized carbons (Fsp3) is 0.500. The van der Waals surface area contributed by atoms with Crippen LogP contribution in [0, 0.1) is 15.5 Å². The van der Waals surface area contributed by atoms with E-state index in [1.54, 1.807) is 12.1 Å². The van der Waals surface area contributed by atoms with Crippen LogP contribution in [0.1, 0.15) is 31.2 Å². The van der Waals surface area contributed by atoms with E-state index in [-0.39, 0.29) is 11.7 Å². The molecule has 0 saturated heterocycles. The van der Waals surface area contributed by atoms with E-state index in [0.29, 0.717) is 11.0 Å². The molecule has 1 aromatic carbocycles. The molecule has 0 aliphatic heterocycles. The molecule has 0 bridgehead atoms. The van der Waals surface area contributed by atoms with Gasteiger partial charge in [0.1, 0.15) is 0 Å². The summed E-state index contributed by atoms with van der Waals surface area (Å²) < 4.78 is 4.92. The minimum Gasteiger partial charge on any atom is -0.468 e. The molecular weight excluding hydrogens is 246 g/mol. The van der Waals surface area contributed by atoms with Crippen molar-refractivity contribution in [1.29, 1.82) is 0 Å². The zero-order chi connectivity index (χ0) is 13.7. The highest BCUT2D eigenvalue weighted by Gasteiger charge is 2.65. The zero-order valence-corrected chi connectivity index (χ0v) is 10.7. The summed E-state index contributed by atoms with van der Waals surface area (Å²) >= 11 is 0. The van der Waals surface area contributed by atoms with E-state index in [1.807, 2.05) is 0 Å². The van der Waals surface area contributed by atoms with Gasteiger partial charge in [-0.3, -0.25) is 14.9 Å². The normalized spacial score (nSPS) is 21.5. The Morgan fingerprint density at radius 2 is 2.05 bits per heavy atom. The van der Waals surface area contributed by atoms with Crippen molar-refractivity contribution in [3.63, 3.8) is 0 Å². The topological polar surface area (TPSA) is 69.4 Å². The molecule has 0 heterocycles. The van der Waals surface area contributed by atoms with E-state index in [0.717, 1.165) is 25.7 Å². The van der Waals surface area contributed by atoms with Crippen LogP contribution in [0.2, 0.25) is 0 Å². The SMILES string of the molecule is COC(=O)C1(c2cccc([N+](=O)[O-])c2)CC2(CC2)C1. The van der Waals surface area contributed by atoms with E-state index >= 15 is 0 Å². The highest BCUT2D eigenvalue weighted by Crippen LogP contribution is 2.69. The summed E-state index contributed by atoms with van der Waals surface area (Å²) in [6.45, 7) is 0. The number of benzene rings is 1. The third kappa shape index (κ3) is 1.72. The zero-order valence-electron chi connectivity index (χ0n) is 10.7. The van der Waals surface area contributed by atoms with E-state index in [9.17, 15) is 14.9 Å². The highest BCUT2D eigenvalue weighted by molar-refractivity contribution is 5.85. The van der Waals surface area contributed by atoms with Gasteiger partial charge in [-0.05, 0) is 36.7 Å². The molecule has 19 heavy (non-hydrogen) atoms. The van der Waals surface area contributed by atoms with Crippen LogP contribution < -0.4 is 0 Å². The Morgan fingerprint density at radius 1 is 1.37 bits per heavy atom. The molecule has 0 N–H and O–H groups in total. The number of hydrogen-bond donors (Lipinski definition) is 0. The summed E-state index contributed by atoms with van der Waals surface area (Å²) in [7, 11) is 1.37. The number of carbonyl (C=O) groups is 1. The maximum Gasteiger partial charge on any atom is 0.316 e. The maximum atomic E-state index is 12.1. The number of nitro benzene ring substituents is 1. The summed E-state index contributed by atoms with van der Waals surface area (Å²) in [6, 6.07) is 6.38. The van der Waals surface area contributed by atoms with Crippen molar-refractivity contribution in [2.45, 2.75) is 31.1 Å². The number of rotatable bonds is 3. The van der Waals surface area contributed by atoms with Crippen molar-refractivity contribution in [2.24, 2.45) is 5.41 Å². The molecule has 0 unspecified atom stereocenters. The molecule has 5 nitrogen and oxygen atoms in total. The van der Waals surface area contributed by atoms with E-state index in [2.05, 4.69) is 0 Å². The molecule has 0 atom stereocenters. The molecule has 3 rings (SSSR count). The van der Waals surface area contributed by atoms with Crippen LogP contribution in [0.15, 0.2) is 24.3 Å². The highest BCUT2D eigenvalue weighted by atomic mass is 16.6. The summed E-state index contributed by atoms with van der Waals surface area (Å²) in [6.07, 6.45) is 3.82. The molecule has 0 aromatic heterocycles. The monoisotopic (exact) mass is 261 g/mol. The van der Waals surface area contributed by atoms with Crippen molar-refractivity contribution < 1.29 is 14.5 Å². The molecule has 0 radical (unpaired) electrons. The van der Waals surface area contributed by atoms with Gasteiger partial charge in [-0.2, -0.15) is 0 Å². The second-order valence-corrected chi connectivity index (χ2v) is 5.73. The molecule has 2 aliphatic rings. The van der Waals surface area contributed by atoms with Crippen molar-refractivity contribution >= 4 is 11.7 Å². The second kappa shape index (κ2) is 3.79. The standard InChI is InChI=1S/C14H15NO4/c1-19-12(16)14(8-13(9-14)5-6-13)10-3-2-4-11(7-10)15(17)18/h2-4,7H,5-6,8-9H2,1H3. The predicted molar refractivity (Wildman–Crippen MR) is 67.7 cm³/mol. The fourth-order valence-electron chi connectivity index (χ4n) is 3.34. The van der Waals surface area contributed by atoms with Crippen molar-refractivity contribution in [3.8, 4) is 0 Å². The fourth-order valence-corrected chi connectivity index (χ4v) is 3.34. The number of nitrogens with zero attached hydrogens (tertiary/aromatic N) is 1. The number of methoxy groups -OCH3 is 1. The summed E-state index contributed by atoms with van der Waals surface area (Å²) in [5, 5.41) is 10.9. The Morgan fingerprint density at radius 3 is 2.58 bits per heavy atom. The molecule has 2 aliphatic carbocycles. The molecule has 5 heteroatoms. The van der Waals surface area contributed by atoms with E-state index < -0.39 is 10.3 Å². The molecule has 2 fully saturated rings. The lowest BCUT2D eigenvalue weighted by Gasteiger charge is -2.46. The van der Waals surface area contributed by atoms with Gasteiger partial charge in [-0.1, -0.05) is 12.1 Å².